The summed E-state index contributed by atoms with van der Waals surface area (Å²) in [6.45, 7) is 24.6. The summed E-state index contributed by atoms with van der Waals surface area (Å²) in [7, 11) is 0. The number of rotatable bonds is 9. The van der Waals surface area contributed by atoms with Gasteiger partial charge in [0.1, 0.15) is 23.3 Å². The number of pyridine rings is 2. The lowest BCUT2D eigenvalue weighted by Crippen LogP contribution is -2.58. The third-order valence-corrected chi connectivity index (χ3v) is 15.5. The lowest BCUT2D eigenvalue weighted by Gasteiger charge is -2.44. The number of piperazine rings is 1. The summed E-state index contributed by atoms with van der Waals surface area (Å²) in [6.07, 6.45) is 3.37. The number of carbonyl (C=O) groups excluding carboxylic acids is 1. The minimum absolute atomic E-state index is 0.0553. The second-order valence-corrected chi connectivity index (χ2v) is 22.6. The van der Waals surface area contributed by atoms with Crippen LogP contribution in [0.3, 0.4) is 0 Å². The summed E-state index contributed by atoms with van der Waals surface area (Å²) in [6, 6.07) is 15.6. The fourth-order valence-corrected chi connectivity index (χ4v) is 11.6. The second kappa shape index (κ2) is 23.2. The molecule has 16 nitrogen and oxygen atoms in total. The van der Waals surface area contributed by atoms with Crippen molar-refractivity contribution in [1.29, 1.82) is 0 Å². The number of piperidine rings is 1. The number of benzene rings is 2. The first-order valence-electron chi connectivity index (χ1n) is 26.3. The maximum absolute atomic E-state index is 15.0. The zero-order valence-electron chi connectivity index (χ0n) is 45.9. The third-order valence-electron chi connectivity index (χ3n) is 14.6. The van der Waals surface area contributed by atoms with Gasteiger partial charge in [-0.3, -0.25) is 4.79 Å². The Kier molecular flexibility index (Phi) is 16.8. The number of amides is 1. The monoisotopic (exact) mass is 1160 g/mol. The van der Waals surface area contributed by atoms with E-state index in [1.54, 1.807) is 67.3 Å². The van der Waals surface area contributed by atoms with Gasteiger partial charge >= 0.3 is 11.4 Å². The van der Waals surface area contributed by atoms with E-state index in [1.807, 2.05) is 46.4 Å². The van der Waals surface area contributed by atoms with Gasteiger partial charge in [0.2, 0.25) is 16.5 Å². The summed E-state index contributed by atoms with van der Waals surface area (Å²) >= 11 is 25.9. The highest BCUT2D eigenvalue weighted by atomic mass is 35.5. The minimum atomic E-state index is -0.618. The largest absolute Gasteiger partial charge is 0.355 e. The number of anilines is 2. The fraction of sp³-hybridized carbons (Fsp3) is 0.362. The molecule has 2 aliphatic rings. The van der Waals surface area contributed by atoms with Gasteiger partial charge in [-0.05, 0) is 131 Å². The van der Waals surface area contributed by atoms with Crippen LogP contribution in [-0.4, -0.2) is 97.6 Å². The zero-order valence-corrected chi connectivity index (χ0v) is 48.9. The van der Waals surface area contributed by atoms with Gasteiger partial charge in [-0.25, -0.2) is 57.4 Å². The minimum Gasteiger partial charge on any atom is -0.353 e. The Morgan fingerprint density at radius 1 is 0.600 bits per heavy atom. The predicted octanol–water partition coefficient (Wildman–Crippen LogP) is 12.5. The number of aryl methyl sites for hydroxylation is 2. The Labute approximate surface area is 481 Å². The van der Waals surface area contributed by atoms with Crippen LogP contribution in [0.4, 0.5) is 20.4 Å². The Hall–Kier alpha value is -6.99. The van der Waals surface area contributed by atoms with Crippen molar-refractivity contribution in [1.82, 2.24) is 53.9 Å². The number of fused-ring (bicyclic) bond motifs is 2. The van der Waals surface area contributed by atoms with E-state index in [2.05, 4.69) is 55.2 Å². The van der Waals surface area contributed by atoms with Crippen LogP contribution in [-0.2, 0) is 4.79 Å². The highest BCUT2D eigenvalue weighted by Gasteiger charge is 2.35. The quantitative estimate of drug-likeness (QED) is 0.0987. The molecule has 6 aromatic heterocycles. The third kappa shape index (κ3) is 11.0. The Morgan fingerprint density at radius 2 is 1.04 bits per heavy atom. The number of carbonyl (C=O) groups is 1. The van der Waals surface area contributed by atoms with Gasteiger partial charge in [0.15, 0.2) is 11.3 Å². The number of hydrogen-bond donors (Lipinski definition) is 0. The standard InChI is InChI=1S/C30H30Cl2FN7O2.C28H29Cl2FN6O/c1-7-23(41)38-13-17(5)39(14-16(38)4)27-20-12-21(31)25(19-10-8-9-11-22(19)33)35-28(20)40(30(42)37-27)26-18(6)34-29(32)36-24(26)15(2)3;1-14(2)22-24(17(5)32-27(30)34-22)37-26-19(12-20(29)23(33-26)18-8-6-7-9-21(18)31)25(35-28(37)38)36-13-15(3)10-11-16(36)4/h7-12,15-17H,1,13-14H2,2-6H3;6-9,12,14-16H,10-11,13H2,1-5H3/t16-,17+;15-,16-/m10/s1. The van der Waals surface area contributed by atoms with Gasteiger partial charge in [-0.2, -0.15) is 9.97 Å². The van der Waals surface area contributed by atoms with E-state index in [-0.39, 0.29) is 84.6 Å². The molecule has 4 atom stereocenters. The summed E-state index contributed by atoms with van der Waals surface area (Å²) < 4.78 is 32.6. The molecule has 22 heteroatoms. The van der Waals surface area contributed by atoms with Gasteiger partial charge in [0, 0.05) is 48.9 Å². The van der Waals surface area contributed by atoms with E-state index >= 15 is 0 Å². The van der Waals surface area contributed by atoms with Crippen molar-refractivity contribution >= 4 is 86.0 Å². The van der Waals surface area contributed by atoms with E-state index in [0.717, 1.165) is 19.4 Å². The molecule has 0 saturated carbocycles. The van der Waals surface area contributed by atoms with Crippen LogP contribution in [0.1, 0.15) is 103 Å². The normalized spacial score (nSPS) is 17.6. The molecule has 2 saturated heterocycles. The van der Waals surface area contributed by atoms with E-state index < -0.39 is 23.0 Å². The first kappa shape index (κ1) is 57.7. The van der Waals surface area contributed by atoms with E-state index in [9.17, 15) is 23.2 Å². The molecule has 0 spiro atoms. The maximum Gasteiger partial charge on any atom is 0.355 e. The van der Waals surface area contributed by atoms with Gasteiger partial charge in [0.25, 0.3) is 0 Å². The lowest BCUT2D eigenvalue weighted by atomic mass is 9.95. The summed E-state index contributed by atoms with van der Waals surface area (Å²) in [4.78, 5) is 82.6. The van der Waals surface area contributed by atoms with Gasteiger partial charge < -0.3 is 14.7 Å². The molecule has 416 valence electrons. The Balaban J connectivity index is 0.000000195. The van der Waals surface area contributed by atoms with Crippen molar-refractivity contribution in [3.8, 4) is 33.9 Å². The smallest absolute Gasteiger partial charge is 0.353 e. The zero-order chi connectivity index (χ0) is 57.8. The van der Waals surface area contributed by atoms with E-state index in [0.29, 0.717) is 81.2 Å². The van der Waals surface area contributed by atoms with Crippen molar-refractivity contribution in [2.24, 2.45) is 5.92 Å². The van der Waals surface area contributed by atoms with Gasteiger partial charge in [0.05, 0.1) is 66.4 Å². The van der Waals surface area contributed by atoms with Crippen molar-refractivity contribution in [3.63, 3.8) is 0 Å². The lowest BCUT2D eigenvalue weighted by molar-refractivity contribution is -0.128. The molecule has 0 N–H and O–H groups in total. The topological polar surface area (TPSA) is 174 Å². The van der Waals surface area contributed by atoms with Crippen LogP contribution in [0.15, 0.2) is 82.9 Å². The molecule has 1 amide bonds. The van der Waals surface area contributed by atoms with Crippen LogP contribution >= 0.6 is 46.4 Å². The first-order valence-corrected chi connectivity index (χ1v) is 27.8. The molecule has 0 bridgehead atoms. The molecule has 80 heavy (non-hydrogen) atoms. The Morgan fingerprint density at radius 3 is 1.46 bits per heavy atom. The Bertz CT molecular complexity index is 3900. The SMILES string of the molecule is C=CC(=O)N1C[C@H](C)N(c2nc(=O)n(-c3c(C)nc(Cl)nc3C(C)C)c3nc(-c4ccccc4F)c(Cl)cc23)C[C@H]1C.Cc1nc(Cl)nc(C(C)C)c1-n1c(=O)nc(N2C[C@@H](C)CC[C@@H]2C)c2cc(Cl)c(-c3ccccc3F)nc21. The molecule has 0 unspecified atom stereocenters. The first-order chi connectivity index (χ1) is 38.0. The fourth-order valence-electron chi connectivity index (χ4n) is 10.6. The number of hydrogen-bond acceptors (Lipinski definition) is 13. The number of aromatic nitrogens is 10. The summed E-state index contributed by atoms with van der Waals surface area (Å²) in [5.74, 6) is -0.0158. The molecule has 8 aromatic rings. The van der Waals surface area contributed by atoms with Crippen LogP contribution < -0.4 is 21.2 Å². The molecular weight excluding hydrogens is 1110 g/mol. The van der Waals surface area contributed by atoms with Crippen LogP contribution in [0, 0.1) is 31.4 Å². The highest BCUT2D eigenvalue weighted by molar-refractivity contribution is 6.34. The van der Waals surface area contributed by atoms with Crippen molar-refractivity contribution in [2.75, 3.05) is 29.4 Å². The van der Waals surface area contributed by atoms with Gasteiger partial charge in [-0.15, -0.1) is 0 Å². The average molecular weight is 1170 g/mol. The summed E-state index contributed by atoms with van der Waals surface area (Å²) in [5.41, 5.74) is 3.18. The van der Waals surface area contributed by atoms with E-state index in [4.69, 9.17) is 56.4 Å². The summed E-state index contributed by atoms with van der Waals surface area (Å²) in [5, 5.41) is 1.68. The molecule has 2 aliphatic heterocycles. The molecule has 8 heterocycles. The maximum atomic E-state index is 15.0. The molecular formula is C58H59Cl4F2N13O3. The average Bonchev–Trinajstić information content (AvgIpc) is 3.61. The molecule has 2 fully saturated rings. The van der Waals surface area contributed by atoms with Crippen LogP contribution in [0.2, 0.25) is 20.6 Å². The number of halogens is 6. The highest BCUT2D eigenvalue weighted by Crippen LogP contribution is 2.40. The second-order valence-electron chi connectivity index (χ2n) is 21.1. The van der Waals surface area contributed by atoms with Gasteiger partial charge in [-0.1, -0.05) is 88.7 Å². The van der Waals surface area contributed by atoms with Crippen molar-refractivity contribution in [3.05, 3.63) is 149 Å². The molecule has 2 aromatic carbocycles. The van der Waals surface area contributed by atoms with Crippen LogP contribution in [0.25, 0.3) is 56.0 Å². The van der Waals surface area contributed by atoms with Crippen molar-refractivity contribution in [2.45, 2.75) is 112 Å². The molecule has 10 rings (SSSR count). The molecule has 0 aliphatic carbocycles. The molecule has 0 radical (unpaired) electrons. The van der Waals surface area contributed by atoms with Crippen LogP contribution in [0.5, 0.6) is 0 Å². The number of nitrogens with zero attached hydrogens (tertiary/aromatic N) is 13. The van der Waals surface area contributed by atoms with Crippen molar-refractivity contribution < 1.29 is 13.6 Å². The predicted molar refractivity (Wildman–Crippen MR) is 313 cm³/mol. The van der Waals surface area contributed by atoms with E-state index in [1.165, 1.54) is 27.3 Å².